The van der Waals surface area contributed by atoms with Gasteiger partial charge in [-0.3, -0.25) is 14.9 Å². The van der Waals surface area contributed by atoms with E-state index in [-0.39, 0.29) is 18.1 Å². The molecule has 0 saturated heterocycles. The van der Waals surface area contributed by atoms with Crippen LogP contribution in [0.2, 0.25) is 0 Å². The smallest absolute Gasteiger partial charge is 0.287 e. The average Bonchev–Trinajstić information content (AvgIpc) is 3.37. The standard InChI is InChI=1S/C19H17N5O5S2/c1-11-7-15-20-12(8-17(26)24(15)29-11)10-30-19-23-22-18(31-19)21-16(25)9-28-14-5-3-13(27-2)4-6-14/h3-8H,9-10H2,1-2H3,(H,21,22,25). The highest BCUT2D eigenvalue weighted by molar-refractivity contribution is 8.00. The van der Waals surface area contributed by atoms with Crippen LogP contribution in [0.4, 0.5) is 5.13 Å². The summed E-state index contributed by atoms with van der Waals surface area (Å²) in [6.07, 6.45) is 0. The lowest BCUT2D eigenvalue weighted by Crippen LogP contribution is -2.20. The van der Waals surface area contributed by atoms with Gasteiger partial charge in [0, 0.05) is 17.9 Å². The van der Waals surface area contributed by atoms with E-state index < -0.39 is 0 Å². The Hall–Kier alpha value is -3.38. The number of aryl methyl sites for hydroxylation is 1. The molecule has 0 saturated carbocycles. The van der Waals surface area contributed by atoms with Crippen molar-refractivity contribution in [3.05, 3.63) is 58.2 Å². The zero-order chi connectivity index (χ0) is 21.8. The predicted octanol–water partition coefficient (Wildman–Crippen LogP) is 2.77. The fourth-order valence-corrected chi connectivity index (χ4v) is 4.24. The van der Waals surface area contributed by atoms with Crippen molar-refractivity contribution in [2.75, 3.05) is 19.0 Å². The maximum Gasteiger partial charge on any atom is 0.287 e. The third-order valence-electron chi connectivity index (χ3n) is 3.95. The van der Waals surface area contributed by atoms with Gasteiger partial charge >= 0.3 is 0 Å². The number of hydrogen-bond acceptors (Lipinski definition) is 10. The number of anilines is 1. The van der Waals surface area contributed by atoms with Crippen LogP contribution in [0.1, 0.15) is 11.5 Å². The van der Waals surface area contributed by atoms with E-state index in [4.69, 9.17) is 14.0 Å². The molecule has 3 heterocycles. The number of methoxy groups -OCH3 is 1. The van der Waals surface area contributed by atoms with Gasteiger partial charge in [0.05, 0.1) is 12.8 Å². The van der Waals surface area contributed by atoms with Crippen LogP contribution in [0.15, 0.2) is 50.1 Å². The molecule has 0 unspecified atom stereocenters. The number of rotatable bonds is 8. The number of benzene rings is 1. The summed E-state index contributed by atoms with van der Waals surface area (Å²) < 4.78 is 17.6. The van der Waals surface area contributed by atoms with Crippen LogP contribution in [-0.2, 0) is 10.5 Å². The molecule has 0 fully saturated rings. The van der Waals surface area contributed by atoms with E-state index in [0.29, 0.717) is 43.8 Å². The van der Waals surface area contributed by atoms with Crippen LogP contribution < -0.4 is 20.3 Å². The van der Waals surface area contributed by atoms with Gasteiger partial charge in [0.15, 0.2) is 16.6 Å². The summed E-state index contributed by atoms with van der Waals surface area (Å²) in [5.74, 6) is 1.95. The van der Waals surface area contributed by atoms with Crippen molar-refractivity contribution in [2.45, 2.75) is 17.0 Å². The minimum atomic E-state index is -0.348. The summed E-state index contributed by atoms with van der Waals surface area (Å²) in [4.78, 5) is 28.6. The van der Waals surface area contributed by atoms with Gasteiger partial charge in [0.2, 0.25) is 5.13 Å². The van der Waals surface area contributed by atoms with E-state index in [0.717, 1.165) is 4.57 Å². The van der Waals surface area contributed by atoms with E-state index in [1.807, 2.05) is 0 Å². The second-order valence-corrected chi connectivity index (χ2v) is 8.46. The van der Waals surface area contributed by atoms with Gasteiger partial charge < -0.3 is 14.0 Å². The molecule has 0 radical (unpaired) electrons. The molecule has 4 rings (SSSR count). The summed E-state index contributed by atoms with van der Waals surface area (Å²) in [7, 11) is 1.58. The molecule has 0 bridgehead atoms. The molecular formula is C19H17N5O5S2. The lowest BCUT2D eigenvalue weighted by Gasteiger charge is -2.06. The molecule has 1 N–H and O–H groups in total. The summed E-state index contributed by atoms with van der Waals surface area (Å²) in [6.45, 7) is 1.59. The molecule has 4 aromatic rings. The number of nitrogens with zero attached hydrogens (tertiary/aromatic N) is 4. The molecule has 0 atom stereocenters. The first-order valence-corrected chi connectivity index (χ1v) is 10.8. The van der Waals surface area contributed by atoms with Gasteiger partial charge in [-0.15, -0.1) is 14.8 Å². The van der Waals surface area contributed by atoms with Gasteiger partial charge in [0.1, 0.15) is 17.3 Å². The van der Waals surface area contributed by atoms with Crippen LogP contribution >= 0.6 is 23.1 Å². The number of carbonyl (C=O) groups excluding carboxylic acids is 1. The lowest BCUT2D eigenvalue weighted by atomic mass is 10.3. The van der Waals surface area contributed by atoms with Gasteiger partial charge in [-0.1, -0.05) is 23.1 Å². The predicted molar refractivity (Wildman–Crippen MR) is 115 cm³/mol. The van der Waals surface area contributed by atoms with Gasteiger partial charge in [-0.2, -0.15) is 0 Å². The summed E-state index contributed by atoms with van der Waals surface area (Å²) in [6, 6.07) is 10.0. The zero-order valence-electron chi connectivity index (χ0n) is 16.5. The highest BCUT2D eigenvalue weighted by Crippen LogP contribution is 2.28. The number of aromatic nitrogens is 4. The van der Waals surface area contributed by atoms with Crippen LogP contribution in [0.3, 0.4) is 0 Å². The summed E-state index contributed by atoms with van der Waals surface area (Å²) in [5.41, 5.74) is 0.780. The second-order valence-electron chi connectivity index (χ2n) is 6.26. The minimum Gasteiger partial charge on any atom is -0.497 e. The highest BCUT2D eigenvalue weighted by Gasteiger charge is 2.12. The first kappa shape index (κ1) is 20.9. The molecule has 3 aromatic heterocycles. The Balaban J connectivity index is 1.29. The monoisotopic (exact) mass is 459 g/mol. The summed E-state index contributed by atoms with van der Waals surface area (Å²) >= 11 is 2.59. The number of ether oxygens (including phenoxy) is 2. The molecule has 0 aliphatic rings. The largest absolute Gasteiger partial charge is 0.497 e. The number of fused-ring (bicyclic) bond motifs is 1. The molecule has 1 aromatic carbocycles. The molecule has 12 heteroatoms. The van der Waals surface area contributed by atoms with Crippen molar-refractivity contribution < 1.29 is 18.8 Å². The van der Waals surface area contributed by atoms with Crippen molar-refractivity contribution >= 4 is 39.8 Å². The number of amides is 1. The van der Waals surface area contributed by atoms with Crippen molar-refractivity contribution in [1.29, 1.82) is 0 Å². The Kier molecular flexibility index (Phi) is 6.18. The van der Waals surface area contributed by atoms with Gasteiger partial charge in [-0.05, 0) is 31.2 Å². The zero-order valence-corrected chi connectivity index (χ0v) is 18.2. The van der Waals surface area contributed by atoms with E-state index in [1.54, 1.807) is 44.4 Å². The number of thioether (sulfide) groups is 1. The van der Waals surface area contributed by atoms with E-state index in [1.165, 1.54) is 29.2 Å². The number of nitrogens with one attached hydrogen (secondary N) is 1. The van der Waals surface area contributed by atoms with Gasteiger partial charge in [0.25, 0.3) is 11.5 Å². The Morgan fingerprint density at radius 2 is 2.00 bits per heavy atom. The Morgan fingerprint density at radius 1 is 1.23 bits per heavy atom. The number of hydrogen-bond donors (Lipinski definition) is 1. The van der Waals surface area contributed by atoms with Crippen molar-refractivity contribution in [2.24, 2.45) is 0 Å². The first-order chi connectivity index (χ1) is 15.0. The first-order valence-electron chi connectivity index (χ1n) is 9.03. The molecule has 160 valence electrons. The highest BCUT2D eigenvalue weighted by atomic mass is 32.2. The van der Waals surface area contributed by atoms with Gasteiger partial charge in [-0.25, -0.2) is 4.98 Å². The van der Waals surface area contributed by atoms with Crippen LogP contribution in [-0.4, -0.2) is 39.4 Å². The minimum absolute atomic E-state index is 0.160. The fourth-order valence-electron chi connectivity index (χ4n) is 2.58. The van der Waals surface area contributed by atoms with E-state index >= 15 is 0 Å². The third kappa shape index (κ3) is 5.22. The lowest BCUT2D eigenvalue weighted by molar-refractivity contribution is -0.118. The SMILES string of the molecule is COc1ccc(OCC(=O)Nc2nnc(SCc3cc(=O)n4oc(C)cc4n3)s2)cc1. The summed E-state index contributed by atoms with van der Waals surface area (Å²) in [5, 5.41) is 11.0. The molecule has 1 amide bonds. The Morgan fingerprint density at radius 3 is 2.77 bits per heavy atom. The molecule has 31 heavy (non-hydrogen) atoms. The molecular weight excluding hydrogens is 442 g/mol. The Labute approximate surface area is 184 Å². The van der Waals surface area contributed by atoms with E-state index in [9.17, 15) is 9.59 Å². The van der Waals surface area contributed by atoms with Crippen molar-refractivity contribution in [3.63, 3.8) is 0 Å². The quantitative estimate of drug-likeness (QED) is 0.313. The van der Waals surface area contributed by atoms with Crippen LogP contribution in [0.25, 0.3) is 5.65 Å². The fraction of sp³-hybridized carbons (Fsp3) is 0.211. The maximum absolute atomic E-state index is 12.1. The maximum atomic E-state index is 12.1. The molecule has 0 spiro atoms. The topological polar surface area (TPSA) is 121 Å². The number of carbonyl (C=O) groups is 1. The average molecular weight is 460 g/mol. The van der Waals surface area contributed by atoms with E-state index in [2.05, 4.69) is 20.5 Å². The molecule has 10 nitrogen and oxygen atoms in total. The van der Waals surface area contributed by atoms with Crippen molar-refractivity contribution in [3.8, 4) is 11.5 Å². The van der Waals surface area contributed by atoms with Crippen LogP contribution in [0, 0.1) is 6.92 Å². The molecule has 0 aliphatic heterocycles. The van der Waals surface area contributed by atoms with Crippen molar-refractivity contribution in [1.82, 2.24) is 19.8 Å². The van der Waals surface area contributed by atoms with Crippen LogP contribution in [0.5, 0.6) is 11.5 Å². The third-order valence-corrected chi connectivity index (χ3v) is 5.96. The molecule has 0 aliphatic carbocycles. The Bertz CT molecular complexity index is 1260. The second kappa shape index (κ2) is 9.18. The normalized spacial score (nSPS) is 10.9.